The maximum Gasteiger partial charge on any atom is 0.127 e. The zero-order valence-electron chi connectivity index (χ0n) is 6.64. The van der Waals surface area contributed by atoms with Gasteiger partial charge in [0.05, 0.1) is 0 Å². The van der Waals surface area contributed by atoms with Crippen molar-refractivity contribution >= 4 is 11.8 Å². The van der Waals surface area contributed by atoms with E-state index in [-0.39, 0.29) is 5.50 Å². The summed E-state index contributed by atoms with van der Waals surface area (Å²) in [5, 5.41) is 2.69. The molecule has 0 radical (unpaired) electrons. The van der Waals surface area contributed by atoms with Crippen LogP contribution >= 0.6 is 11.8 Å². The van der Waals surface area contributed by atoms with Crippen molar-refractivity contribution in [1.82, 2.24) is 5.32 Å². The van der Waals surface area contributed by atoms with Crippen molar-refractivity contribution in [3.63, 3.8) is 0 Å². The van der Waals surface area contributed by atoms with Gasteiger partial charge >= 0.3 is 0 Å². The molecule has 1 aliphatic rings. The molecule has 1 rings (SSSR count). The minimum atomic E-state index is -2.01. The van der Waals surface area contributed by atoms with Gasteiger partial charge in [-0.05, 0) is 6.85 Å². The van der Waals surface area contributed by atoms with Crippen LogP contribution in [0.5, 0.6) is 0 Å². The van der Waals surface area contributed by atoms with Gasteiger partial charge in [0.2, 0.25) is 0 Å². The topological polar surface area (TPSA) is 38.0 Å². The normalized spacial score (nSPS) is 37.6. The van der Waals surface area contributed by atoms with Crippen LogP contribution in [0.3, 0.4) is 0 Å². The van der Waals surface area contributed by atoms with E-state index in [2.05, 4.69) is 5.32 Å². The SMILES string of the molecule is [2H]C([2H])([2H])C1=CNC(N)S1. The fraction of sp³-hybridized carbons (Fsp3) is 0.500. The van der Waals surface area contributed by atoms with Crippen LogP contribution < -0.4 is 11.1 Å². The van der Waals surface area contributed by atoms with E-state index in [1.165, 1.54) is 6.20 Å². The fourth-order valence-electron chi connectivity index (χ4n) is 0.363. The first-order valence-electron chi connectivity index (χ1n) is 3.39. The lowest BCUT2D eigenvalue weighted by Gasteiger charge is -1.98. The number of nitrogens with two attached hydrogens (primary N) is 1. The van der Waals surface area contributed by atoms with Crippen LogP contribution in [-0.2, 0) is 0 Å². The van der Waals surface area contributed by atoms with Crippen LogP contribution in [0.4, 0.5) is 0 Å². The molecule has 3 heteroatoms. The lowest BCUT2D eigenvalue weighted by molar-refractivity contribution is 0.836. The van der Waals surface area contributed by atoms with Gasteiger partial charge in [-0.25, -0.2) is 0 Å². The molecule has 0 saturated carbocycles. The molecular formula is C4H8N2S. The summed E-state index contributed by atoms with van der Waals surface area (Å²) in [4.78, 5) is 0.333. The Kier molecular flexibility index (Phi) is 0.606. The predicted octanol–water partition coefficient (Wildman–Crippen LogP) is 0.426. The Morgan fingerprint density at radius 2 is 3.14 bits per heavy atom. The Hall–Kier alpha value is -0.150. The molecule has 7 heavy (non-hydrogen) atoms. The molecule has 0 amide bonds. The maximum atomic E-state index is 6.97. The number of hydrogen-bond donors (Lipinski definition) is 2. The molecule has 0 aromatic rings. The van der Waals surface area contributed by atoms with E-state index in [0.29, 0.717) is 4.91 Å². The molecule has 0 aromatic carbocycles. The zero-order chi connectivity index (χ0) is 7.78. The Morgan fingerprint density at radius 1 is 2.29 bits per heavy atom. The molecular weight excluding hydrogens is 108 g/mol. The lowest BCUT2D eigenvalue weighted by atomic mass is 10.7. The standard InChI is InChI=1S/C4H8N2S/c1-3-2-6-4(5)7-3/h2,4,6H,5H2,1H3/i1D3. The van der Waals surface area contributed by atoms with Crippen molar-refractivity contribution in [2.75, 3.05) is 0 Å². The van der Waals surface area contributed by atoms with E-state index in [9.17, 15) is 0 Å². The van der Waals surface area contributed by atoms with Crippen LogP contribution in [0.2, 0.25) is 0 Å². The quantitative estimate of drug-likeness (QED) is 0.485. The van der Waals surface area contributed by atoms with Gasteiger partial charge in [0.1, 0.15) is 5.50 Å². The second kappa shape index (κ2) is 1.76. The summed E-state index contributed by atoms with van der Waals surface area (Å²) in [7, 11) is 0. The molecule has 1 atom stereocenters. The molecule has 0 spiro atoms. The molecule has 1 unspecified atom stereocenters. The van der Waals surface area contributed by atoms with Crippen molar-refractivity contribution in [2.24, 2.45) is 5.73 Å². The summed E-state index contributed by atoms with van der Waals surface area (Å²) in [6, 6.07) is 0. The molecule has 40 valence electrons. The second-order valence-corrected chi connectivity index (χ2v) is 2.40. The van der Waals surface area contributed by atoms with Crippen molar-refractivity contribution < 1.29 is 4.11 Å². The van der Waals surface area contributed by atoms with E-state index in [0.717, 1.165) is 11.8 Å². The van der Waals surface area contributed by atoms with Crippen LogP contribution in [0, 0.1) is 0 Å². The summed E-state index contributed by atoms with van der Waals surface area (Å²) >= 11 is 1.14. The van der Waals surface area contributed by atoms with Gasteiger partial charge in [-0.1, -0.05) is 11.8 Å². The summed E-state index contributed by atoms with van der Waals surface area (Å²) in [5.74, 6) is 0. The molecule has 3 N–H and O–H groups in total. The van der Waals surface area contributed by atoms with Crippen LogP contribution in [-0.4, -0.2) is 5.50 Å². The summed E-state index contributed by atoms with van der Waals surface area (Å²) in [5.41, 5.74) is 5.08. The average Bonchev–Trinajstić information content (AvgIpc) is 2.11. The molecule has 0 saturated heterocycles. The third kappa shape index (κ3) is 1.11. The van der Waals surface area contributed by atoms with Gasteiger partial charge in [-0.15, -0.1) is 0 Å². The molecule has 0 aromatic heterocycles. The van der Waals surface area contributed by atoms with Gasteiger partial charge in [0.15, 0.2) is 0 Å². The largest absolute Gasteiger partial charge is 0.367 e. The highest BCUT2D eigenvalue weighted by atomic mass is 32.2. The Morgan fingerprint density at radius 3 is 3.43 bits per heavy atom. The highest BCUT2D eigenvalue weighted by molar-refractivity contribution is 8.03. The van der Waals surface area contributed by atoms with Gasteiger partial charge in [0, 0.05) is 15.2 Å². The Balaban J connectivity index is 2.60. The highest BCUT2D eigenvalue weighted by Crippen LogP contribution is 2.20. The van der Waals surface area contributed by atoms with E-state index in [1.54, 1.807) is 0 Å². The first kappa shape index (κ1) is 2.42. The smallest absolute Gasteiger partial charge is 0.127 e. The first-order valence-corrected chi connectivity index (χ1v) is 2.77. The van der Waals surface area contributed by atoms with Gasteiger partial charge in [-0.2, -0.15) is 0 Å². The van der Waals surface area contributed by atoms with E-state index >= 15 is 0 Å². The molecule has 1 heterocycles. The van der Waals surface area contributed by atoms with Crippen molar-refractivity contribution in [3.8, 4) is 0 Å². The van der Waals surface area contributed by atoms with Crippen LogP contribution in [0.15, 0.2) is 11.1 Å². The summed E-state index contributed by atoms with van der Waals surface area (Å²) in [6.07, 6.45) is 1.45. The number of hydrogen-bond acceptors (Lipinski definition) is 3. The summed E-state index contributed by atoms with van der Waals surface area (Å²) < 4.78 is 20.9. The van der Waals surface area contributed by atoms with Crippen molar-refractivity contribution in [2.45, 2.75) is 12.3 Å². The lowest BCUT2D eigenvalue weighted by Crippen LogP contribution is -2.25. The minimum Gasteiger partial charge on any atom is -0.367 e. The van der Waals surface area contributed by atoms with Gasteiger partial charge < -0.3 is 11.1 Å². The molecule has 0 fully saturated rings. The fourth-order valence-corrected chi connectivity index (χ4v) is 0.908. The van der Waals surface area contributed by atoms with Crippen molar-refractivity contribution in [3.05, 3.63) is 11.1 Å². The van der Waals surface area contributed by atoms with Gasteiger partial charge in [-0.3, -0.25) is 0 Å². The van der Waals surface area contributed by atoms with Crippen LogP contribution in [0.1, 0.15) is 11.0 Å². The third-order valence-electron chi connectivity index (χ3n) is 0.633. The molecule has 0 bridgehead atoms. The number of thioether (sulfide) groups is 1. The molecule has 1 aliphatic heterocycles. The number of allylic oxidation sites excluding steroid dienone is 1. The molecule has 0 aliphatic carbocycles. The summed E-state index contributed by atoms with van der Waals surface area (Å²) in [6.45, 7) is -2.01. The Bertz CT molecular complexity index is 164. The highest BCUT2D eigenvalue weighted by Gasteiger charge is 2.06. The predicted molar refractivity (Wildman–Crippen MR) is 32.5 cm³/mol. The molecule has 2 nitrogen and oxygen atoms in total. The monoisotopic (exact) mass is 119 g/mol. The van der Waals surface area contributed by atoms with Crippen LogP contribution in [0.25, 0.3) is 0 Å². The number of nitrogens with one attached hydrogen (secondary N) is 1. The number of rotatable bonds is 0. The second-order valence-electron chi connectivity index (χ2n) is 1.21. The van der Waals surface area contributed by atoms with E-state index in [1.807, 2.05) is 0 Å². The Labute approximate surface area is 51.4 Å². The van der Waals surface area contributed by atoms with Crippen molar-refractivity contribution in [1.29, 1.82) is 0 Å². The minimum absolute atomic E-state index is 0.296. The van der Waals surface area contributed by atoms with Gasteiger partial charge in [0.25, 0.3) is 0 Å². The average molecular weight is 119 g/mol. The van der Waals surface area contributed by atoms with E-state index < -0.39 is 6.85 Å². The zero-order valence-corrected chi connectivity index (χ0v) is 4.46. The first-order chi connectivity index (χ1) is 4.50. The van der Waals surface area contributed by atoms with E-state index in [4.69, 9.17) is 9.85 Å². The maximum absolute atomic E-state index is 6.97. The third-order valence-corrected chi connectivity index (χ3v) is 1.39.